The predicted molar refractivity (Wildman–Crippen MR) is 56.8 cm³/mol. The highest BCUT2D eigenvalue weighted by molar-refractivity contribution is 5.69. The summed E-state index contributed by atoms with van der Waals surface area (Å²) in [6.07, 6.45) is 2.72. The first-order valence-electron chi connectivity index (χ1n) is 5.51. The van der Waals surface area contributed by atoms with Crippen molar-refractivity contribution < 1.29 is 15.0 Å². The average molecular weight is 216 g/mol. The van der Waals surface area contributed by atoms with Gasteiger partial charge >= 0.3 is 5.97 Å². The highest BCUT2D eigenvalue weighted by atomic mass is 16.4. The van der Waals surface area contributed by atoms with Crippen LogP contribution in [0.5, 0.6) is 0 Å². The van der Waals surface area contributed by atoms with Crippen molar-refractivity contribution in [1.29, 1.82) is 0 Å². The molecule has 1 fully saturated rings. The first-order valence-corrected chi connectivity index (χ1v) is 5.51. The summed E-state index contributed by atoms with van der Waals surface area (Å²) in [7, 11) is 0. The number of aliphatic carboxylic acids is 1. The molecule has 1 aliphatic rings. The number of nitrogens with one attached hydrogen (secondary N) is 1. The highest BCUT2D eigenvalue weighted by Crippen LogP contribution is 2.10. The molecule has 1 atom stereocenters. The molecular weight excluding hydrogens is 196 g/mol. The number of carboxylic acids is 1. The number of piperazine rings is 1. The summed E-state index contributed by atoms with van der Waals surface area (Å²) >= 11 is 0. The maximum Gasteiger partial charge on any atom is 0.317 e. The first-order chi connectivity index (χ1) is 7.24. The van der Waals surface area contributed by atoms with E-state index in [0.29, 0.717) is 6.04 Å². The molecule has 0 spiro atoms. The smallest absolute Gasteiger partial charge is 0.317 e. The topological polar surface area (TPSA) is 72.8 Å². The van der Waals surface area contributed by atoms with Gasteiger partial charge < -0.3 is 15.5 Å². The Morgan fingerprint density at radius 2 is 2.27 bits per heavy atom. The van der Waals surface area contributed by atoms with Crippen LogP contribution in [0.25, 0.3) is 0 Å². The molecule has 88 valence electrons. The van der Waals surface area contributed by atoms with Crippen molar-refractivity contribution in [3.05, 3.63) is 0 Å². The van der Waals surface area contributed by atoms with Crippen molar-refractivity contribution in [3.8, 4) is 0 Å². The summed E-state index contributed by atoms with van der Waals surface area (Å²) in [5, 5.41) is 20.7. The first kappa shape index (κ1) is 12.4. The molecule has 0 amide bonds. The molecule has 1 saturated heterocycles. The molecule has 5 nitrogen and oxygen atoms in total. The van der Waals surface area contributed by atoms with Crippen LogP contribution in [0, 0.1) is 0 Å². The van der Waals surface area contributed by atoms with Crippen molar-refractivity contribution in [2.45, 2.75) is 25.3 Å². The number of unbranched alkanes of at least 4 members (excludes halogenated alkanes) is 1. The van der Waals surface area contributed by atoms with Crippen LogP contribution in [0.4, 0.5) is 0 Å². The number of hydrogen-bond acceptors (Lipinski definition) is 4. The lowest BCUT2D eigenvalue weighted by atomic mass is 10.1. The molecule has 3 N–H and O–H groups in total. The number of carbonyl (C=O) groups is 1. The van der Waals surface area contributed by atoms with Gasteiger partial charge in [-0.05, 0) is 19.3 Å². The largest absolute Gasteiger partial charge is 0.480 e. The molecule has 0 aromatic rings. The number of carboxylic acid groups (broad SMARTS) is 1. The highest BCUT2D eigenvalue weighted by Gasteiger charge is 2.23. The Labute approximate surface area is 90.1 Å². The Bertz CT molecular complexity index is 199. The van der Waals surface area contributed by atoms with E-state index in [9.17, 15) is 4.79 Å². The molecule has 0 bridgehead atoms. The molecule has 0 radical (unpaired) electrons. The molecule has 0 aromatic heterocycles. The molecule has 1 unspecified atom stereocenters. The molecule has 0 saturated carbocycles. The summed E-state index contributed by atoms with van der Waals surface area (Å²) < 4.78 is 0. The lowest BCUT2D eigenvalue weighted by Crippen LogP contribution is -2.52. The van der Waals surface area contributed by atoms with Gasteiger partial charge in [-0.1, -0.05) is 0 Å². The van der Waals surface area contributed by atoms with Crippen LogP contribution in [0.15, 0.2) is 0 Å². The van der Waals surface area contributed by atoms with Crippen molar-refractivity contribution in [2.75, 3.05) is 32.8 Å². The number of aliphatic hydroxyl groups is 1. The minimum absolute atomic E-state index is 0.130. The van der Waals surface area contributed by atoms with Crippen LogP contribution < -0.4 is 5.32 Å². The zero-order valence-electron chi connectivity index (χ0n) is 8.98. The summed E-state index contributed by atoms with van der Waals surface area (Å²) in [4.78, 5) is 12.7. The summed E-state index contributed by atoms with van der Waals surface area (Å²) in [5.74, 6) is -0.760. The fourth-order valence-corrected chi connectivity index (χ4v) is 1.96. The monoisotopic (exact) mass is 216 g/mol. The summed E-state index contributed by atoms with van der Waals surface area (Å²) in [6.45, 7) is 2.88. The molecule has 15 heavy (non-hydrogen) atoms. The van der Waals surface area contributed by atoms with E-state index in [2.05, 4.69) is 5.32 Å². The second-order valence-corrected chi connectivity index (χ2v) is 3.94. The van der Waals surface area contributed by atoms with Gasteiger partial charge in [0, 0.05) is 32.3 Å². The van der Waals surface area contributed by atoms with Gasteiger partial charge in [0.1, 0.15) is 0 Å². The van der Waals surface area contributed by atoms with Gasteiger partial charge in [0.2, 0.25) is 0 Å². The normalized spacial score (nSPS) is 22.9. The van der Waals surface area contributed by atoms with Crippen LogP contribution in [-0.4, -0.2) is 59.9 Å². The predicted octanol–water partition coefficient (Wildman–Crippen LogP) is -0.493. The fourth-order valence-electron chi connectivity index (χ4n) is 1.96. The minimum atomic E-state index is -0.760. The van der Waals surface area contributed by atoms with Crippen LogP contribution in [0.2, 0.25) is 0 Å². The molecule has 0 aromatic carbocycles. The van der Waals surface area contributed by atoms with Crippen LogP contribution >= 0.6 is 0 Å². The SMILES string of the molecule is O=C(O)CN1CCNCC1CCCCO. The molecule has 5 heteroatoms. The number of aliphatic hydroxyl groups excluding tert-OH is 1. The van der Waals surface area contributed by atoms with E-state index in [1.807, 2.05) is 4.90 Å². The molecule has 1 aliphatic heterocycles. The van der Waals surface area contributed by atoms with E-state index < -0.39 is 5.97 Å². The van der Waals surface area contributed by atoms with E-state index in [0.717, 1.165) is 38.9 Å². The Morgan fingerprint density at radius 3 is 2.93 bits per heavy atom. The number of rotatable bonds is 6. The summed E-state index contributed by atoms with van der Waals surface area (Å²) in [5.41, 5.74) is 0. The van der Waals surface area contributed by atoms with Crippen molar-refractivity contribution in [2.24, 2.45) is 0 Å². The number of hydrogen-bond donors (Lipinski definition) is 3. The molecule has 1 heterocycles. The van der Waals surface area contributed by atoms with Gasteiger partial charge in [-0.2, -0.15) is 0 Å². The van der Waals surface area contributed by atoms with Crippen LogP contribution in [0.1, 0.15) is 19.3 Å². The third-order valence-electron chi connectivity index (χ3n) is 2.76. The maximum absolute atomic E-state index is 10.6. The quantitative estimate of drug-likeness (QED) is 0.522. The zero-order chi connectivity index (χ0) is 11.1. The van der Waals surface area contributed by atoms with Crippen LogP contribution in [-0.2, 0) is 4.79 Å². The number of nitrogens with zero attached hydrogens (tertiary/aromatic N) is 1. The summed E-state index contributed by atoms with van der Waals surface area (Å²) in [6, 6.07) is 0.307. The maximum atomic E-state index is 10.6. The van der Waals surface area contributed by atoms with Crippen molar-refractivity contribution in [1.82, 2.24) is 10.2 Å². The minimum Gasteiger partial charge on any atom is -0.480 e. The van der Waals surface area contributed by atoms with Gasteiger partial charge in [0.25, 0.3) is 0 Å². The Balaban J connectivity index is 2.32. The fraction of sp³-hybridized carbons (Fsp3) is 0.900. The Morgan fingerprint density at radius 1 is 1.47 bits per heavy atom. The van der Waals surface area contributed by atoms with E-state index >= 15 is 0 Å². The van der Waals surface area contributed by atoms with Crippen molar-refractivity contribution >= 4 is 5.97 Å². The van der Waals surface area contributed by atoms with Crippen molar-refractivity contribution in [3.63, 3.8) is 0 Å². The van der Waals surface area contributed by atoms with Gasteiger partial charge in [-0.15, -0.1) is 0 Å². The molecular formula is C10H20N2O3. The third-order valence-corrected chi connectivity index (χ3v) is 2.76. The average Bonchev–Trinajstić information content (AvgIpc) is 2.20. The molecule has 0 aliphatic carbocycles. The zero-order valence-corrected chi connectivity index (χ0v) is 8.98. The van der Waals surface area contributed by atoms with E-state index in [-0.39, 0.29) is 13.2 Å². The lowest BCUT2D eigenvalue weighted by molar-refractivity contribution is -0.139. The van der Waals surface area contributed by atoms with Crippen LogP contribution in [0.3, 0.4) is 0 Å². The third kappa shape index (κ3) is 4.59. The Kier molecular flexibility index (Phi) is 5.60. The Hall–Kier alpha value is -0.650. The van der Waals surface area contributed by atoms with E-state index in [1.54, 1.807) is 0 Å². The van der Waals surface area contributed by atoms with Gasteiger partial charge in [0.05, 0.1) is 6.54 Å². The van der Waals surface area contributed by atoms with Gasteiger partial charge in [0.15, 0.2) is 0 Å². The van der Waals surface area contributed by atoms with Gasteiger partial charge in [-0.25, -0.2) is 0 Å². The lowest BCUT2D eigenvalue weighted by Gasteiger charge is -2.35. The van der Waals surface area contributed by atoms with E-state index in [1.165, 1.54) is 0 Å². The van der Waals surface area contributed by atoms with Gasteiger partial charge in [-0.3, -0.25) is 9.69 Å². The van der Waals surface area contributed by atoms with E-state index in [4.69, 9.17) is 10.2 Å². The second-order valence-electron chi connectivity index (χ2n) is 3.94. The second kappa shape index (κ2) is 6.76. The molecule has 1 rings (SSSR count). The standard InChI is InChI=1S/C10H20N2O3/c13-6-2-1-3-9-7-11-4-5-12(9)8-10(14)15/h9,11,13H,1-8H2,(H,14,15).